The Bertz CT molecular complexity index is 1700. The molecule has 0 aliphatic carbocycles. The molecule has 0 fully saturated rings. The van der Waals surface area contributed by atoms with Gasteiger partial charge in [0.05, 0.1) is 27.7 Å². The summed E-state index contributed by atoms with van der Waals surface area (Å²) in [6.45, 7) is 0. The second-order valence-corrected chi connectivity index (χ2v) is 7.48. The van der Waals surface area contributed by atoms with Crippen molar-refractivity contribution in [3.63, 3.8) is 0 Å². The number of fused-ring (bicyclic) bond motifs is 6. The van der Waals surface area contributed by atoms with Gasteiger partial charge < -0.3 is 9.97 Å². The molecule has 0 aliphatic heterocycles. The molecule has 3 aromatic heterocycles. The maximum absolute atomic E-state index is 14.4. The third-order valence-corrected chi connectivity index (χ3v) is 5.64. The molecule has 0 spiro atoms. The van der Waals surface area contributed by atoms with Gasteiger partial charge in [0.15, 0.2) is 0 Å². The molecule has 0 radical (unpaired) electrons. The average molecular weight is 424 g/mol. The molecular weight excluding hydrogens is 410 g/mol. The molecule has 0 aliphatic rings. The molecule has 0 amide bonds. The van der Waals surface area contributed by atoms with Crippen LogP contribution in [0.1, 0.15) is 0 Å². The van der Waals surface area contributed by atoms with E-state index in [-0.39, 0.29) is 16.9 Å². The lowest BCUT2D eigenvalue weighted by atomic mass is 9.98. The SMILES string of the molecule is O=c1[nH]ccc2c3nc(-c4c(F)cccc4F)[nH]c3c3ccc(-c4ccccn4)cc3c12. The van der Waals surface area contributed by atoms with Crippen LogP contribution in [0.15, 0.2) is 77.9 Å². The van der Waals surface area contributed by atoms with Gasteiger partial charge in [-0.15, -0.1) is 0 Å². The highest BCUT2D eigenvalue weighted by atomic mass is 19.1. The first kappa shape index (κ1) is 18.4. The molecule has 5 nitrogen and oxygen atoms in total. The van der Waals surface area contributed by atoms with E-state index in [1.165, 1.54) is 24.4 Å². The summed E-state index contributed by atoms with van der Waals surface area (Å²) < 4.78 is 28.9. The molecule has 0 saturated heterocycles. The second-order valence-electron chi connectivity index (χ2n) is 7.48. The Hall–Kier alpha value is -4.39. The summed E-state index contributed by atoms with van der Waals surface area (Å²) in [5.74, 6) is -1.36. The minimum absolute atomic E-state index is 0.0680. The van der Waals surface area contributed by atoms with Gasteiger partial charge in [-0.3, -0.25) is 9.78 Å². The number of halogens is 2. The highest BCUT2D eigenvalue weighted by molar-refractivity contribution is 6.23. The number of benzene rings is 3. The first-order chi connectivity index (χ1) is 15.6. The van der Waals surface area contributed by atoms with Crippen molar-refractivity contribution in [2.75, 3.05) is 0 Å². The Balaban J connectivity index is 1.75. The third kappa shape index (κ3) is 2.64. The maximum atomic E-state index is 14.4. The monoisotopic (exact) mass is 424 g/mol. The fourth-order valence-electron chi connectivity index (χ4n) is 4.21. The first-order valence-corrected chi connectivity index (χ1v) is 9.94. The Labute approximate surface area is 179 Å². The van der Waals surface area contributed by atoms with E-state index in [0.29, 0.717) is 27.2 Å². The lowest BCUT2D eigenvalue weighted by Crippen LogP contribution is -2.05. The number of imidazole rings is 1. The zero-order valence-corrected chi connectivity index (χ0v) is 16.5. The van der Waals surface area contributed by atoms with Crippen molar-refractivity contribution in [3.05, 3.63) is 95.0 Å². The first-order valence-electron chi connectivity index (χ1n) is 9.94. The number of aromatic nitrogens is 4. The standard InChI is InChI=1S/C25H14F2N4O/c26-17-4-3-5-18(27)21(17)24-30-22-14-8-7-13(19-6-1-2-10-28-19)12-16(14)20-15(23(22)31-24)9-11-29-25(20)32/h1-12H,(H,29,32)(H,30,31). The van der Waals surface area contributed by atoms with Gasteiger partial charge >= 0.3 is 0 Å². The van der Waals surface area contributed by atoms with Gasteiger partial charge in [-0.25, -0.2) is 13.8 Å². The largest absolute Gasteiger partial charge is 0.337 e. The molecule has 0 unspecified atom stereocenters. The number of hydrogen-bond acceptors (Lipinski definition) is 3. The van der Waals surface area contributed by atoms with Crippen LogP contribution < -0.4 is 5.56 Å². The summed E-state index contributed by atoms with van der Waals surface area (Å²) in [5, 5.41) is 2.47. The van der Waals surface area contributed by atoms with Crippen LogP contribution in [0, 0.1) is 11.6 Å². The van der Waals surface area contributed by atoms with Gasteiger partial charge in [-0.05, 0) is 41.8 Å². The van der Waals surface area contributed by atoms with Crippen LogP contribution in [0.5, 0.6) is 0 Å². The molecule has 0 bridgehead atoms. The van der Waals surface area contributed by atoms with Gasteiger partial charge in [0.2, 0.25) is 0 Å². The predicted molar refractivity (Wildman–Crippen MR) is 120 cm³/mol. The van der Waals surface area contributed by atoms with Crippen molar-refractivity contribution in [2.45, 2.75) is 0 Å². The Morgan fingerprint density at radius 1 is 0.844 bits per heavy atom. The normalized spacial score (nSPS) is 11.6. The minimum Gasteiger partial charge on any atom is -0.337 e. The third-order valence-electron chi connectivity index (χ3n) is 5.64. The summed E-state index contributed by atoms with van der Waals surface area (Å²) in [7, 11) is 0. The fraction of sp³-hybridized carbons (Fsp3) is 0. The molecule has 154 valence electrons. The quantitative estimate of drug-likeness (QED) is 0.357. The number of aromatic amines is 2. The highest BCUT2D eigenvalue weighted by Crippen LogP contribution is 2.36. The molecule has 3 heterocycles. The smallest absolute Gasteiger partial charge is 0.256 e. The Morgan fingerprint density at radius 2 is 1.69 bits per heavy atom. The van der Waals surface area contributed by atoms with E-state index in [2.05, 4.69) is 19.9 Å². The number of H-pyrrole nitrogens is 2. The van der Waals surface area contributed by atoms with Crippen molar-refractivity contribution in [1.82, 2.24) is 19.9 Å². The van der Waals surface area contributed by atoms with Crippen molar-refractivity contribution < 1.29 is 8.78 Å². The van der Waals surface area contributed by atoms with Gasteiger partial charge in [-0.1, -0.05) is 24.3 Å². The van der Waals surface area contributed by atoms with E-state index in [1.807, 2.05) is 36.4 Å². The van der Waals surface area contributed by atoms with Crippen LogP contribution in [-0.4, -0.2) is 19.9 Å². The Morgan fingerprint density at radius 3 is 2.47 bits per heavy atom. The second kappa shape index (κ2) is 6.81. The molecule has 6 aromatic rings. The number of hydrogen-bond donors (Lipinski definition) is 2. The van der Waals surface area contributed by atoms with Crippen molar-refractivity contribution in [3.8, 4) is 22.6 Å². The molecule has 0 saturated carbocycles. The van der Waals surface area contributed by atoms with E-state index in [1.54, 1.807) is 12.3 Å². The van der Waals surface area contributed by atoms with Gasteiger partial charge in [0, 0.05) is 28.7 Å². The summed E-state index contributed by atoms with van der Waals surface area (Å²) >= 11 is 0. The molecule has 32 heavy (non-hydrogen) atoms. The molecule has 0 atom stereocenters. The van der Waals surface area contributed by atoms with E-state index in [0.717, 1.165) is 16.6 Å². The lowest BCUT2D eigenvalue weighted by molar-refractivity contribution is 0.588. The van der Waals surface area contributed by atoms with E-state index in [9.17, 15) is 13.6 Å². The van der Waals surface area contributed by atoms with Crippen LogP contribution in [0.4, 0.5) is 8.78 Å². The topological polar surface area (TPSA) is 74.4 Å². The van der Waals surface area contributed by atoms with Gasteiger partial charge in [-0.2, -0.15) is 0 Å². The summed E-state index contributed by atoms with van der Waals surface area (Å²) in [6.07, 6.45) is 3.24. The maximum Gasteiger partial charge on any atom is 0.256 e. The van der Waals surface area contributed by atoms with Crippen LogP contribution in [-0.2, 0) is 0 Å². The summed E-state index contributed by atoms with van der Waals surface area (Å²) in [5.41, 5.74) is 2.19. The minimum atomic E-state index is -0.715. The molecule has 6 rings (SSSR count). The van der Waals surface area contributed by atoms with Crippen LogP contribution in [0.3, 0.4) is 0 Å². The molecule has 7 heteroatoms. The Kier molecular flexibility index (Phi) is 3.91. The highest BCUT2D eigenvalue weighted by Gasteiger charge is 2.19. The van der Waals surface area contributed by atoms with Crippen molar-refractivity contribution >= 4 is 32.6 Å². The van der Waals surface area contributed by atoms with E-state index in [4.69, 9.17) is 0 Å². The van der Waals surface area contributed by atoms with Crippen LogP contribution in [0.25, 0.3) is 55.2 Å². The molecular formula is C25H14F2N4O. The zero-order chi connectivity index (χ0) is 21.8. The number of nitrogens with zero attached hydrogens (tertiary/aromatic N) is 2. The number of rotatable bonds is 2. The van der Waals surface area contributed by atoms with Crippen molar-refractivity contribution in [2.24, 2.45) is 0 Å². The van der Waals surface area contributed by atoms with E-state index >= 15 is 0 Å². The fourth-order valence-corrected chi connectivity index (χ4v) is 4.21. The summed E-state index contributed by atoms with van der Waals surface area (Å²) in [6, 6.07) is 16.7. The predicted octanol–water partition coefficient (Wildman–Crippen LogP) is 5.56. The molecule has 2 N–H and O–H groups in total. The van der Waals surface area contributed by atoms with Gasteiger partial charge in [0.25, 0.3) is 5.56 Å². The molecule has 3 aromatic carbocycles. The lowest BCUT2D eigenvalue weighted by Gasteiger charge is -2.08. The van der Waals surface area contributed by atoms with Crippen molar-refractivity contribution in [1.29, 1.82) is 0 Å². The van der Waals surface area contributed by atoms with E-state index < -0.39 is 11.6 Å². The van der Waals surface area contributed by atoms with Gasteiger partial charge in [0.1, 0.15) is 17.5 Å². The number of nitrogens with one attached hydrogen (secondary N) is 2. The number of pyridine rings is 2. The zero-order valence-electron chi connectivity index (χ0n) is 16.5. The van der Waals surface area contributed by atoms with Crippen LogP contribution in [0.2, 0.25) is 0 Å². The van der Waals surface area contributed by atoms with Crippen LogP contribution >= 0.6 is 0 Å². The average Bonchev–Trinajstić information content (AvgIpc) is 3.24. The summed E-state index contributed by atoms with van der Waals surface area (Å²) in [4.78, 5) is 27.5.